The summed E-state index contributed by atoms with van der Waals surface area (Å²) >= 11 is 3.24. The fraction of sp³-hybridized carbons (Fsp3) is 0.588. The summed E-state index contributed by atoms with van der Waals surface area (Å²) in [6.07, 6.45) is 1.24. The summed E-state index contributed by atoms with van der Waals surface area (Å²) in [5.74, 6) is -1.10. The van der Waals surface area contributed by atoms with Gasteiger partial charge in [0, 0.05) is 34.6 Å². The number of imidazole rings is 1. The van der Waals surface area contributed by atoms with Crippen molar-refractivity contribution in [3.8, 4) is 0 Å². The van der Waals surface area contributed by atoms with Crippen molar-refractivity contribution in [3.05, 3.63) is 22.5 Å². The van der Waals surface area contributed by atoms with Crippen molar-refractivity contribution in [2.45, 2.75) is 49.9 Å². The Balaban J connectivity index is 1.59. The number of β-lactam (4-membered cyclic amide) rings is 1. The first kappa shape index (κ1) is 17.9. The lowest BCUT2D eigenvalue weighted by atomic mass is 9.79. The Kier molecular flexibility index (Phi) is 4.36. The van der Waals surface area contributed by atoms with Crippen LogP contribution in [0.3, 0.4) is 0 Å². The minimum Gasteiger partial charge on any atom is -0.477 e. The number of aryl methyl sites for hydroxylation is 1. The number of hydrogen-bond donors (Lipinski definition) is 2. The molecular weight excluding hydrogens is 374 g/mol. The number of carbonyl (C=O) groups excluding carboxylic acids is 1. The molecule has 140 valence electrons. The highest BCUT2D eigenvalue weighted by Crippen LogP contribution is 2.52. The molecule has 4 rings (SSSR count). The number of aliphatic carboxylic acids is 1. The van der Waals surface area contributed by atoms with Gasteiger partial charge in [-0.2, -0.15) is 0 Å². The van der Waals surface area contributed by atoms with Gasteiger partial charge in [0.1, 0.15) is 5.70 Å². The van der Waals surface area contributed by atoms with Crippen LogP contribution in [0, 0.1) is 18.8 Å². The monoisotopic (exact) mass is 395 g/mol. The van der Waals surface area contributed by atoms with Crippen LogP contribution in [0.15, 0.2) is 22.0 Å². The first-order valence-electron chi connectivity index (χ1n) is 8.61. The highest BCUT2D eigenvalue weighted by Gasteiger charge is 2.60. The van der Waals surface area contributed by atoms with Crippen LogP contribution >= 0.6 is 23.5 Å². The Morgan fingerprint density at radius 3 is 2.88 bits per heavy atom. The molecule has 0 bridgehead atoms. The molecule has 3 aliphatic rings. The van der Waals surface area contributed by atoms with E-state index in [1.54, 1.807) is 30.4 Å². The van der Waals surface area contributed by atoms with Crippen LogP contribution in [-0.4, -0.2) is 59.7 Å². The van der Waals surface area contributed by atoms with Crippen LogP contribution < -0.4 is 0 Å². The van der Waals surface area contributed by atoms with E-state index >= 15 is 0 Å². The van der Waals surface area contributed by atoms with E-state index in [2.05, 4.69) is 9.55 Å². The van der Waals surface area contributed by atoms with E-state index in [-0.39, 0.29) is 28.8 Å². The maximum atomic E-state index is 12.4. The molecule has 5 atom stereocenters. The molecule has 1 fully saturated rings. The third kappa shape index (κ3) is 2.59. The molecule has 1 aromatic rings. The van der Waals surface area contributed by atoms with Gasteiger partial charge in [-0.3, -0.25) is 4.79 Å². The number of aliphatic hydroxyl groups is 1. The van der Waals surface area contributed by atoms with Crippen molar-refractivity contribution < 1.29 is 19.8 Å². The predicted octanol–water partition coefficient (Wildman–Crippen LogP) is 1.55. The summed E-state index contributed by atoms with van der Waals surface area (Å²) in [5.41, 5.74) is 1.08. The number of aromatic nitrogens is 2. The molecule has 0 aromatic carbocycles. The molecule has 9 heteroatoms. The largest absolute Gasteiger partial charge is 0.477 e. The van der Waals surface area contributed by atoms with E-state index in [0.29, 0.717) is 0 Å². The fourth-order valence-corrected chi connectivity index (χ4v) is 6.80. The lowest BCUT2D eigenvalue weighted by Crippen LogP contribution is -2.63. The Hall–Kier alpha value is -1.45. The second-order valence-corrected chi connectivity index (χ2v) is 9.47. The molecule has 1 amide bonds. The minimum atomic E-state index is -1.07. The standard InChI is InChI=1S/C17H21N3O4S2/c1-7-4-19-5-10(6-25-17(19)18-7)26-14-8(2)12-11(9(3)21)15(22)20(12)13(14)16(23)24/h4,8-12,21H,5-6H2,1-3H3,(H,23,24)/t8-,9-,10?,11-,12-/m1/s1. The highest BCUT2D eigenvalue weighted by molar-refractivity contribution is 8.05. The molecule has 1 saturated heterocycles. The maximum Gasteiger partial charge on any atom is 0.353 e. The van der Waals surface area contributed by atoms with Crippen LogP contribution in [0.5, 0.6) is 0 Å². The molecule has 1 unspecified atom stereocenters. The number of rotatable bonds is 4. The summed E-state index contributed by atoms with van der Waals surface area (Å²) in [5, 5.41) is 20.8. The van der Waals surface area contributed by atoms with Crippen LogP contribution in [0.4, 0.5) is 0 Å². The number of aliphatic hydroxyl groups excluding tert-OH is 1. The number of carbonyl (C=O) groups is 2. The lowest BCUT2D eigenvalue weighted by Gasteiger charge is -2.46. The van der Waals surface area contributed by atoms with Gasteiger partial charge in [0.2, 0.25) is 5.91 Å². The SMILES string of the molecule is Cc1cn2c(n1)SCC(SC1=C(C(=O)O)N3C(=O)[C@H]([C@@H](C)O)[C@H]3[C@H]1C)C2. The van der Waals surface area contributed by atoms with Crippen molar-refractivity contribution >= 4 is 35.4 Å². The van der Waals surface area contributed by atoms with Gasteiger partial charge in [-0.25, -0.2) is 9.78 Å². The van der Waals surface area contributed by atoms with Crippen LogP contribution in [0.2, 0.25) is 0 Å². The normalized spacial score (nSPS) is 31.5. The first-order chi connectivity index (χ1) is 12.3. The molecule has 2 N–H and O–H groups in total. The Morgan fingerprint density at radius 1 is 1.50 bits per heavy atom. The molecule has 3 aliphatic heterocycles. The number of fused-ring (bicyclic) bond motifs is 2. The Labute approximate surface area is 159 Å². The summed E-state index contributed by atoms with van der Waals surface area (Å²) in [6.45, 7) is 6.29. The van der Waals surface area contributed by atoms with Crippen molar-refractivity contribution in [2.24, 2.45) is 11.8 Å². The maximum absolute atomic E-state index is 12.4. The van der Waals surface area contributed by atoms with E-state index in [1.165, 1.54) is 4.90 Å². The molecule has 0 spiro atoms. The summed E-state index contributed by atoms with van der Waals surface area (Å²) < 4.78 is 2.11. The van der Waals surface area contributed by atoms with Gasteiger partial charge in [0.15, 0.2) is 5.16 Å². The van der Waals surface area contributed by atoms with Gasteiger partial charge in [-0.05, 0) is 13.8 Å². The zero-order valence-corrected chi connectivity index (χ0v) is 16.4. The van der Waals surface area contributed by atoms with Gasteiger partial charge in [0.25, 0.3) is 0 Å². The first-order valence-corrected chi connectivity index (χ1v) is 10.5. The minimum absolute atomic E-state index is 0.0840. The average molecular weight is 396 g/mol. The number of hydrogen-bond acceptors (Lipinski definition) is 6. The summed E-state index contributed by atoms with van der Waals surface area (Å²) in [4.78, 5) is 30.9. The van der Waals surface area contributed by atoms with Gasteiger partial charge in [-0.15, -0.1) is 11.8 Å². The van der Waals surface area contributed by atoms with Gasteiger partial charge in [0.05, 0.1) is 23.8 Å². The number of amides is 1. The smallest absolute Gasteiger partial charge is 0.353 e. The average Bonchev–Trinajstić information content (AvgIpc) is 3.03. The second kappa shape index (κ2) is 6.31. The molecule has 0 radical (unpaired) electrons. The van der Waals surface area contributed by atoms with Crippen LogP contribution in [0.25, 0.3) is 0 Å². The Morgan fingerprint density at radius 2 is 2.23 bits per heavy atom. The zero-order valence-electron chi connectivity index (χ0n) is 14.7. The molecule has 4 heterocycles. The van der Waals surface area contributed by atoms with E-state index < -0.39 is 18.0 Å². The van der Waals surface area contributed by atoms with Gasteiger partial charge >= 0.3 is 5.97 Å². The fourth-order valence-electron chi connectivity index (χ4n) is 4.14. The summed E-state index contributed by atoms with van der Waals surface area (Å²) in [6, 6.07) is -0.251. The van der Waals surface area contributed by atoms with Crippen LogP contribution in [0.1, 0.15) is 19.5 Å². The van der Waals surface area contributed by atoms with Crippen LogP contribution in [-0.2, 0) is 16.1 Å². The van der Waals surface area contributed by atoms with Gasteiger partial charge < -0.3 is 19.7 Å². The number of nitrogens with zero attached hydrogens (tertiary/aromatic N) is 3. The predicted molar refractivity (Wildman–Crippen MR) is 98.7 cm³/mol. The molecule has 7 nitrogen and oxygen atoms in total. The van der Waals surface area contributed by atoms with Crippen molar-refractivity contribution in [1.29, 1.82) is 0 Å². The lowest BCUT2D eigenvalue weighted by molar-refractivity contribution is -0.163. The molecule has 26 heavy (non-hydrogen) atoms. The molecule has 0 aliphatic carbocycles. The van der Waals surface area contributed by atoms with E-state index in [0.717, 1.165) is 28.1 Å². The quantitative estimate of drug-likeness (QED) is 0.747. The number of thioether (sulfide) groups is 2. The number of carboxylic acid groups (broad SMARTS) is 1. The highest BCUT2D eigenvalue weighted by atomic mass is 32.2. The van der Waals surface area contributed by atoms with E-state index in [9.17, 15) is 19.8 Å². The number of carboxylic acids is 1. The molecule has 1 aromatic heterocycles. The molecular formula is C17H21N3O4S2. The third-order valence-electron chi connectivity index (χ3n) is 5.26. The topological polar surface area (TPSA) is 95.7 Å². The van der Waals surface area contributed by atoms with Crippen molar-refractivity contribution in [1.82, 2.24) is 14.5 Å². The van der Waals surface area contributed by atoms with E-state index in [1.807, 2.05) is 20.0 Å². The Bertz CT molecular complexity index is 819. The van der Waals surface area contributed by atoms with Crippen molar-refractivity contribution in [3.63, 3.8) is 0 Å². The zero-order chi connectivity index (χ0) is 18.7. The van der Waals surface area contributed by atoms with E-state index in [4.69, 9.17) is 0 Å². The third-order valence-corrected chi connectivity index (χ3v) is 8.10. The molecule has 0 saturated carbocycles. The second-order valence-electron chi connectivity index (χ2n) is 7.14. The van der Waals surface area contributed by atoms with Crippen molar-refractivity contribution in [2.75, 3.05) is 5.75 Å². The van der Waals surface area contributed by atoms with Gasteiger partial charge in [-0.1, -0.05) is 18.7 Å². The summed E-state index contributed by atoms with van der Waals surface area (Å²) in [7, 11) is 0.